The summed E-state index contributed by atoms with van der Waals surface area (Å²) in [5.41, 5.74) is 6.88. The minimum absolute atomic E-state index is 0. The summed E-state index contributed by atoms with van der Waals surface area (Å²) in [6, 6.07) is 8.12. The van der Waals surface area contributed by atoms with Gasteiger partial charge in [-0.25, -0.2) is 4.98 Å². The van der Waals surface area contributed by atoms with E-state index in [0.29, 0.717) is 5.92 Å². The molecule has 5 nitrogen and oxygen atoms in total. The van der Waals surface area contributed by atoms with Gasteiger partial charge in [-0.15, -0.1) is 0 Å². The molecule has 0 aromatic carbocycles. The Kier molecular flexibility index (Phi) is 10.6. The summed E-state index contributed by atoms with van der Waals surface area (Å²) in [6.45, 7) is 11.2. The first-order valence-electron chi connectivity index (χ1n) is 10.0. The van der Waals surface area contributed by atoms with E-state index in [1.165, 1.54) is 18.0 Å². The number of rotatable bonds is 0. The average Bonchev–Trinajstić information content (AvgIpc) is 3.32. The maximum Gasteiger partial charge on any atom is 1.00 e. The molecule has 0 radical (unpaired) electrons. The summed E-state index contributed by atoms with van der Waals surface area (Å²) in [6.07, 6.45) is 12.3. The smallest absolute Gasteiger partial charge is 0.445 e. The minimum Gasteiger partial charge on any atom is -0.445 e. The molecule has 0 fully saturated rings. The van der Waals surface area contributed by atoms with Crippen LogP contribution in [0.4, 0.5) is 5.82 Å². The van der Waals surface area contributed by atoms with Crippen molar-refractivity contribution in [1.29, 1.82) is 0 Å². The molecule has 30 heavy (non-hydrogen) atoms. The van der Waals surface area contributed by atoms with Crippen LogP contribution < -0.4 is 68.9 Å². The Morgan fingerprint density at radius 3 is 2.50 bits per heavy atom. The number of allylic oxidation sites excluding steroid dienone is 2. The van der Waals surface area contributed by atoms with Gasteiger partial charge in [0.05, 0.1) is 0 Å². The summed E-state index contributed by atoms with van der Waals surface area (Å²) < 4.78 is 2.01. The molecule has 1 aliphatic heterocycles. The summed E-state index contributed by atoms with van der Waals surface area (Å²) >= 11 is 0. The van der Waals surface area contributed by atoms with Crippen LogP contribution in [0.25, 0.3) is 11.0 Å². The van der Waals surface area contributed by atoms with Gasteiger partial charge in [-0.05, 0) is 42.1 Å². The van der Waals surface area contributed by atoms with E-state index in [0.717, 1.165) is 11.5 Å². The minimum atomic E-state index is -0.0299. The topological polar surface area (TPSA) is 70.3 Å². The third-order valence-corrected chi connectivity index (χ3v) is 5.63. The molecular weight excluding hydrogens is 444 g/mol. The second kappa shape index (κ2) is 11.7. The van der Waals surface area contributed by atoms with E-state index < -0.39 is 0 Å². The van der Waals surface area contributed by atoms with Crippen molar-refractivity contribution in [1.82, 2.24) is 14.5 Å². The molecule has 3 aromatic rings. The van der Waals surface area contributed by atoms with Crippen molar-refractivity contribution in [3.63, 3.8) is 0 Å². The molecule has 0 saturated heterocycles. The molecule has 2 atom stereocenters. The number of fused-ring (bicyclic) bond motifs is 2. The number of hydrogen-bond donors (Lipinski definition) is 1. The normalized spacial score (nSPS) is 22.1. The Labute approximate surface area is 230 Å². The van der Waals surface area contributed by atoms with Gasteiger partial charge in [0, 0.05) is 30.2 Å². The number of pyridine rings is 1. The van der Waals surface area contributed by atoms with E-state index in [1.807, 2.05) is 42.5 Å². The fraction of sp³-hybridized carbons (Fsp3) is 0.417. The molecule has 4 heterocycles. The summed E-state index contributed by atoms with van der Waals surface area (Å²) in [5.74, 6) is 1.25. The summed E-state index contributed by atoms with van der Waals surface area (Å²) in [7, 11) is 3.50. The van der Waals surface area contributed by atoms with Crippen molar-refractivity contribution in [2.24, 2.45) is 28.6 Å². The zero-order chi connectivity index (χ0) is 21.7. The van der Waals surface area contributed by atoms with Crippen LogP contribution in [0.2, 0.25) is 0 Å². The number of hydrogen-bond acceptors (Lipinski definition) is 3. The Bertz CT molecular complexity index is 977. The van der Waals surface area contributed by atoms with Crippen molar-refractivity contribution in [3.05, 3.63) is 60.6 Å². The zero-order valence-corrected chi connectivity index (χ0v) is 24.6. The number of aromatic nitrogens is 3. The molecule has 4 rings (SSSR count). The van der Waals surface area contributed by atoms with Crippen LogP contribution in [0.5, 0.6) is 0 Å². The van der Waals surface area contributed by atoms with Gasteiger partial charge in [0.25, 0.3) is 0 Å². The van der Waals surface area contributed by atoms with Gasteiger partial charge in [0.15, 0.2) is 0 Å². The number of nitrogens with two attached hydrogens (primary N) is 1. The van der Waals surface area contributed by atoms with Gasteiger partial charge in [-0.1, -0.05) is 71.1 Å². The molecule has 2 N–H and O–H groups in total. The van der Waals surface area contributed by atoms with Crippen LogP contribution >= 0.6 is 0 Å². The fourth-order valence-corrected chi connectivity index (χ4v) is 3.03. The second-order valence-corrected chi connectivity index (χ2v) is 8.51. The molecule has 3 aromatic heterocycles. The molecule has 0 amide bonds. The molecular formula is C24H34N5Rb. The summed E-state index contributed by atoms with van der Waals surface area (Å²) in [5, 5.41) is 1.20. The van der Waals surface area contributed by atoms with Crippen molar-refractivity contribution >= 4 is 23.1 Å². The Morgan fingerprint density at radius 1 is 1.17 bits per heavy atom. The Hall–Kier alpha value is -0.855. The maximum atomic E-state index is 4.59. The SMILES string of the molecule is CC1/C=C\C(C)(C(C)(C)C)/C=N\c2[n-]ccc21.CN.Cn1ccc2cccnc21.[Rb+]. The molecule has 0 aliphatic carbocycles. The first kappa shape index (κ1) is 27.2. The van der Waals surface area contributed by atoms with E-state index in [1.54, 1.807) is 0 Å². The van der Waals surface area contributed by atoms with Crippen LogP contribution in [0, 0.1) is 10.8 Å². The number of aryl methyl sites for hydroxylation is 1. The molecule has 6 heteroatoms. The monoisotopic (exact) mass is 477 g/mol. The van der Waals surface area contributed by atoms with E-state index in [2.05, 4.69) is 85.7 Å². The van der Waals surface area contributed by atoms with Crippen LogP contribution in [0.15, 0.2) is 60.0 Å². The number of aliphatic imine (C=N–C) groups is 1. The third-order valence-electron chi connectivity index (χ3n) is 5.63. The Morgan fingerprint density at radius 2 is 1.87 bits per heavy atom. The van der Waals surface area contributed by atoms with Crippen molar-refractivity contribution in [2.45, 2.75) is 40.5 Å². The number of nitrogens with zero attached hydrogens (tertiary/aromatic N) is 4. The second-order valence-electron chi connectivity index (χ2n) is 8.51. The molecule has 2 unspecified atom stereocenters. The van der Waals surface area contributed by atoms with Gasteiger partial charge in [-0.3, -0.25) is 0 Å². The van der Waals surface area contributed by atoms with Gasteiger partial charge < -0.3 is 20.3 Å². The molecule has 0 bridgehead atoms. The predicted molar refractivity (Wildman–Crippen MR) is 124 cm³/mol. The van der Waals surface area contributed by atoms with Gasteiger partial charge in [0.1, 0.15) is 5.65 Å². The molecule has 0 saturated carbocycles. The molecule has 1 aliphatic rings. The average molecular weight is 478 g/mol. The van der Waals surface area contributed by atoms with E-state index in [9.17, 15) is 0 Å². The fourth-order valence-electron chi connectivity index (χ4n) is 3.03. The van der Waals surface area contributed by atoms with Crippen molar-refractivity contribution in [2.75, 3.05) is 7.05 Å². The van der Waals surface area contributed by atoms with Crippen LogP contribution in [-0.2, 0) is 7.05 Å². The quantitative estimate of drug-likeness (QED) is 0.505. The third kappa shape index (κ3) is 6.33. The first-order valence-corrected chi connectivity index (χ1v) is 10.0. The van der Waals surface area contributed by atoms with Crippen LogP contribution in [0.3, 0.4) is 0 Å². The van der Waals surface area contributed by atoms with E-state index in [4.69, 9.17) is 0 Å². The zero-order valence-electron chi connectivity index (χ0n) is 19.7. The van der Waals surface area contributed by atoms with Gasteiger partial charge in [0.2, 0.25) is 0 Å². The van der Waals surface area contributed by atoms with Gasteiger partial charge >= 0.3 is 58.2 Å². The summed E-state index contributed by atoms with van der Waals surface area (Å²) in [4.78, 5) is 13.1. The molecule has 0 spiro atoms. The first-order chi connectivity index (χ1) is 13.7. The van der Waals surface area contributed by atoms with Crippen LogP contribution in [0.1, 0.15) is 46.1 Å². The standard InChI is InChI=1S/C15H21N2.C8H8N2.CH5N.Rb/c1-11-6-8-15(5,14(2,3)4)10-17-13-12(11)7-9-16-13;1-10-6-4-7-3-2-5-9-8(7)10;1-2;/h6-11H,1-5H3;2-6H,1H3;2H2,1H3;/q-1;;;+1/b8-6-,17-10-;;;. The van der Waals surface area contributed by atoms with Crippen molar-refractivity contribution in [3.8, 4) is 0 Å². The van der Waals surface area contributed by atoms with E-state index in [-0.39, 0.29) is 69.0 Å². The Balaban J connectivity index is 0.000000296. The van der Waals surface area contributed by atoms with E-state index >= 15 is 0 Å². The van der Waals surface area contributed by atoms with Gasteiger partial charge in [-0.2, -0.15) is 0 Å². The van der Waals surface area contributed by atoms with Crippen LogP contribution in [-0.4, -0.2) is 22.8 Å². The molecule has 156 valence electrons. The van der Waals surface area contributed by atoms with Crippen molar-refractivity contribution < 1.29 is 58.2 Å². The predicted octanol–water partition coefficient (Wildman–Crippen LogP) is 2.22. The largest absolute Gasteiger partial charge is 1.00 e. The maximum absolute atomic E-state index is 4.59.